The number of hydrogen-bond donors (Lipinski definition) is 1. The lowest BCUT2D eigenvalue weighted by atomic mass is 10.0. The molecule has 9 nitrogen and oxygen atoms in total. The number of benzene rings is 1. The van der Waals surface area contributed by atoms with Crippen LogP contribution < -0.4 is 5.76 Å². The van der Waals surface area contributed by atoms with Gasteiger partial charge in [-0.3, -0.25) is 19.3 Å². The highest BCUT2D eigenvalue weighted by Gasteiger charge is 2.38. The summed E-state index contributed by atoms with van der Waals surface area (Å²) in [5, 5.41) is 5.63. The molecule has 1 aromatic carbocycles. The van der Waals surface area contributed by atoms with E-state index in [1.54, 1.807) is 11.1 Å². The second-order valence-electron chi connectivity index (χ2n) is 8.32. The molecule has 1 aliphatic carbocycles. The number of rotatable bonds is 3. The van der Waals surface area contributed by atoms with Gasteiger partial charge in [-0.1, -0.05) is 23.4 Å². The Bertz CT molecular complexity index is 1410. The topological polar surface area (TPSA) is 110 Å². The fourth-order valence-corrected chi connectivity index (χ4v) is 4.49. The van der Waals surface area contributed by atoms with Crippen LogP contribution in [0.3, 0.4) is 0 Å². The van der Waals surface area contributed by atoms with Gasteiger partial charge in [0.1, 0.15) is 17.6 Å². The number of nitrogens with one attached hydrogen (secondary N) is 1. The Morgan fingerprint density at radius 1 is 1.23 bits per heavy atom. The number of aromatic amines is 1. The van der Waals surface area contributed by atoms with Crippen molar-refractivity contribution in [3.05, 3.63) is 52.5 Å². The molecule has 0 radical (unpaired) electrons. The molecule has 1 N–H and O–H groups in total. The molecule has 0 spiro atoms. The van der Waals surface area contributed by atoms with E-state index in [0.29, 0.717) is 24.0 Å². The smallest absolute Gasteiger partial charge is 0.338 e. The molecule has 3 aromatic heterocycles. The van der Waals surface area contributed by atoms with Crippen molar-refractivity contribution in [2.24, 2.45) is 0 Å². The van der Waals surface area contributed by atoms with E-state index in [9.17, 15) is 9.59 Å². The monoisotopic (exact) mass is 416 g/mol. The largest absolute Gasteiger partial charge is 0.439 e. The van der Waals surface area contributed by atoms with Crippen molar-refractivity contribution in [2.75, 3.05) is 7.05 Å². The molecule has 2 aliphatic rings. The Hall–Kier alpha value is -3.75. The summed E-state index contributed by atoms with van der Waals surface area (Å²) < 4.78 is 6.75. The number of pyridine rings is 1. The standard InChI is InChI=1S/C22H20N6O3/c1-11-21(29)27(2)10-17-18(24-20(28(11)17)12-6-7-12)14-5-3-4-13-8-16(23-9-15(13)14)19-25-22(30)31-26-19/h3-5,8-9,11-12H,6-7,10H2,1-2H3,(H,25,26,30)/t11-/m0/s1. The second kappa shape index (κ2) is 6.37. The Kier molecular flexibility index (Phi) is 3.71. The van der Waals surface area contributed by atoms with Crippen LogP contribution in [0.1, 0.15) is 43.2 Å². The predicted octanol–water partition coefficient (Wildman–Crippen LogP) is 2.85. The zero-order chi connectivity index (χ0) is 21.3. The summed E-state index contributed by atoms with van der Waals surface area (Å²) in [7, 11) is 1.84. The van der Waals surface area contributed by atoms with Gasteiger partial charge in [-0.2, -0.15) is 0 Å². The SMILES string of the molecule is C[C@H]1C(=O)N(C)Cc2c(-c3cccc4cc(-c5noc(=O)[nH]5)ncc34)nc(C3CC3)n21. The molecule has 1 saturated carbocycles. The minimum atomic E-state index is -0.615. The third-order valence-electron chi connectivity index (χ3n) is 6.19. The first kappa shape index (κ1) is 18.1. The van der Waals surface area contributed by atoms with Crippen molar-refractivity contribution >= 4 is 16.7 Å². The van der Waals surface area contributed by atoms with Crippen LogP contribution in [0, 0.1) is 0 Å². The number of amides is 1. The van der Waals surface area contributed by atoms with Gasteiger partial charge in [-0.25, -0.2) is 9.78 Å². The Labute approximate surface area is 176 Å². The van der Waals surface area contributed by atoms with Crippen LogP contribution in [0.2, 0.25) is 0 Å². The molecule has 6 rings (SSSR count). The molecular weight excluding hydrogens is 396 g/mol. The highest BCUT2D eigenvalue weighted by molar-refractivity contribution is 5.97. The van der Waals surface area contributed by atoms with Crippen LogP contribution in [-0.4, -0.2) is 42.5 Å². The Balaban J connectivity index is 1.54. The van der Waals surface area contributed by atoms with Gasteiger partial charge in [0.2, 0.25) is 11.7 Å². The van der Waals surface area contributed by atoms with Gasteiger partial charge in [0.25, 0.3) is 0 Å². The third-order valence-corrected chi connectivity index (χ3v) is 6.19. The lowest BCUT2D eigenvalue weighted by molar-refractivity contribution is -0.135. The van der Waals surface area contributed by atoms with E-state index in [4.69, 9.17) is 4.98 Å². The molecule has 1 aliphatic heterocycles. The zero-order valence-electron chi connectivity index (χ0n) is 17.1. The summed E-state index contributed by atoms with van der Waals surface area (Å²) in [5.41, 5.74) is 3.48. The van der Waals surface area contributed by atoms with Gasteiger partial charge in [0.15, 0.2) is 0 Å². The maximum Gasteiger partial charge on any atom is 0.439 e. The molecule has 0 saturated heterocycles. The van der Waals surface area contributed by atoms with Crippen LogP contribution >= 0.6 is 0 Å². The molecule has 1 atom stereocenters. The minimum absolute atomic E-state index is 0.115. The van der Waals surface area contributed by atoms with Crippen molar-refractivity contribution in [3.63, 3.8) is 0 Å². The van der Waals surface area contributed by atoms with Gasteiger partial charge in [-0.15, -0.1) is 0 Å². The maximum absolute atomic E-state index is 12.6. The summed E-state index contributed by atoms with van der Waals surface area (Å²) in [6.07, 6.45) is 4.00. The minimum Gasteiger partial charge on any atom is -0.338 e. The van der Waals surface area contributed by atoms with Gasteiger partial charge in [-0.05, 0) is 31.2 Å². The first-order valence-corrected chi connectivity index (χ1v) is 10.3. The summed E-state index contributed by atoms with van der Waals surface area (Å²) in [6.45, 7) is 2.48. The van der Waals surface area contributed by atoms with E-state index in [1.165, 1.54) is 0 Å². The number of likely N-dealkylation sites (N-methyl/N-ethyl adjacent to an activating group) is 1. The van der Waals surface area contributed by atoms with Gasteiger partial charge in [0, 0.05) is 30.1 Å². The Morgan fingerprint density at radius 3 is 2.81 bits per heavy atom. The molecule has 9 heteroatoms. The number of fused-ring (bicyclic) bond motifs is 2. The first-order chi connectivity index (χ1) is 15.0. The van der Waals surface area contributed by atoms with E-state index in [-0.39, 0.29) is 11.9 Å². The lowest BCUT2D eigenvalue weighted by Gasteiger charge is -2.31. The average Bonchev–Trinajstić information content (AvgIpc) is 3.42. The molecule has 156 valence electrons. The van der Waals surface area contributed by atoms with Gasteiger partial charge in [0.05, 0.1) is 17.9 Å². The lowest BCUT2D eigenvalue weighted by Crippen LogP contribution is -2.39. The van der Waals surface area contributed by atoms with Crippen LogP contribution in [0.15, 0.2) is 39.8 Å². The number of hydrogen-bond acceptors (Lipinski definition) is 6. The van der Waals surface area contributed by atoms with E-state index in [1.807, 2.05) is 38.2 Å². The predicted molar refractivity (Wildman–Crippen MR) is 112 cm³/mol. The number of carbonyl (C=O) groups is 1. The summed E-state index contributed by atoms with van der Waals surface area (Å²) in [5.74, 6) is 1.23. The van der Waals surface area contributed by atoms with Crippen molar-refractivity contribution in [1.29, 1.82) is 0 Å². The summed E-state index contributed by atoms with van der Waals surface area (Å²) >= 11 is 0. The fourth-order valence-electron chi connectivity index (χ4n) is 4.49. The maximum atomic E-state index is 12.6. The van der Waals surface area contributed by atoms with Crippen LogP contribution in [0.5, 0.6) is 0 Å². The summed E-state index contributed by atoms with van der Waals surface area (Å²) in [6, 6.07) is 7.63. The van der Waals surface area contributed by atoms with E-state index in [2.05, 4.69) is 24.2 Å². The second-order valence-corrected chi connectivity index (χ2v) is 8.32. The highest BCUT2D eigenvalue weighted by atomic mass is 16.5. The van der Waals surface area contributed by atoms with Crippen molar-refractivity contribution in [3.8, 4) is 22.8 Å². The molecule has 1 fully saturated rings. The number of imidazole rings is 1. The van der Waals surface area contributed by atoms with Crippen molar-refractivity contribution in [2.45, 2.75) is 38.3 Å². The Morgan fingerprint density at radius 2 is 2.06 bits per heavy atom. The number of aromatic nitrogens is 5. The molecular formula is C22H20N6O3. The molecule has 0 unspecified atom stereocenters. The molecule has 0 bridgehead atoms. The number of H-pyrrole nitrogens is 1. The van der Waals surface area contributed by atoms with Gasteiger partial charge < -0.3 is 9.47 Å². The van der Waals surface area contributed by atoms with Gasteiger partial charge >= 0.3 is 5.76 Å². The first-order valence-electron chi connectivity index (χ1n) is 10.3. The van der Waals surface area contributed by atoms with Crippen LogP contribution in [0.25, 0.3) is 33.5 Å². The van der Waals surface area contributed by atoms with Crippen LogP contribution in [0.4, 0.5) is 0 Å². The summed E-state index contributed by atoms with van der Waals surface area (Å²) in [4.78, 5) is 37.8. The van der Waals surface area contributed by atoms with Crippen molar-refractivity contribution < 1.29 is 9.32 Å². The zero-order valence-corrected chi connectivity index (χ0v) is 17.1. The van der Waals surface area contributed by atoms with Crippen molar-refractivity contribution in [1.82, 2.24) is 29.6 Å². The van der Waals surface area contributed by atoms with Crippen LogP contribution in [-0.2, 0) is 11.3 Å². The quantitative estimate of drug-likeness (QED) is 0.550. The average molecular weight is 416 g/mol. The number of carbonyl (C=O) groups excluding carboxylic acids is 1. The van der Waals surface area contributed by atoms with E-state index in [0.717, 1.165) is 46.4 Å². The van der Waals surface area contributed by atoms with E-state index >= 15 is 0 Å². The molecule has 1 amide bonds. The fraction of sp³-hybridized carbons (Fsp3) is 0.318. The third kappa shape index (κ3) is 2.73. The molecule has 4 heterocycles. The normalized spacial score (nSPS) is 18.6. The van der Waals surface area contributed by atoms with E-state index < -0.39 is 5.76 Å². The highest BCUT2D eigenvalue weighted by Crippen LogP contribution is 2.45. The molecule has 31 heavy (non-hydrogen) atoms. The molecule has 4 aromatic rings. The number of nitrogens with zero attached hydrogens (tertiary/aromatic N) is 5.